The zero-order valence-corrected chi connectivity index (χ0v) is 8.67. The molecule has 0 saturated heterocycles. The van der Waals surface area contributed by atoms with Crippen LogP contribution in [0.15, 0.2) is 12.2 Å². The molecule has 0 unspecified atom stereocenters. The molecule has 0 aliphatic rings. The first-order valence-electron chi connectivity index (χ1n) is 4.17. The highest BCUT2D eigenvalue weighted by atomic mass is 35.5. The SMILES string of the molecule is ClCCCC#C/C=C/CCCCl. The average Bonchev–Trinajstić information content (AvgIpc) is 2.10. The van der Waals surface area contributed by atoms with Crippen LogP contribution in [0.4, 0.5) is 0 Å². The van der Waals surface area contributed by atoms with Crippen molar-refractivity contribution < 1.29 is 0 Å². The smallest absolute Gasteiger partial charge is 0.0232 e. The molecule has 0 spiro atoms. The molecule has 2 heteroatoms. The largest absolute Gasteiger partial charge is 0.127 e. The number of allylic oxidation sites excluding steroid dienone is 2. The average molecular weight is 205 g/mol. The van der Waals surface area contributed by atoms with Crippen LogP contribution in [-0.2, 0) is 0 Å². The molecule has 0 aromatic carbocycles. The van der Waals surface area contributed by atoms with E-state index in [4.69, 9.17) is 23.2 Å². The van der Waals surface area contributed by atoms with Crippen LogP contribution in [0, 0.1) is 11.8 Å². The maximum Gasteiger partial charge on any atom is 0.0232 e. The van der Waals surface area contributed by atoms with Gasteiger partial charge in [0.15, 0.2) is 0 Å². The third-order valence-electron chi connectivity index (χ3n) is 1.24. The fourth-order valence-corrected chi connectivity index (χ4v) is 0.911. The van der Waals surface area contributed by atoms with E-state index in [1.54, 1.807) is 0 Å². The standard InChI is InChI=1S/C10H14Cl2/c11-9-7-5-3-1-2-4-6-8-10-12/h1,3H,5-10H2/b3-1+. The van der Waals surface area contributed by atoms with E-state index in [1.165, 1.54) is 0 Å². The van der Waals surface area contributed by atoms with Gasteiger partial charge in [0.25, 0.3) is 0 Å². The van der Waals surface area contributed by atoms with E-state index in [-0.39, 0.29) is 0 Å². The molecule has 0 atom stereocenters. The Morgan fingerprint density at radius 3 is 2.50 bits per heavy atom. The lowest BCUT2D eigenvalue weighted by molar-refractivity contribution is 0.967. The summed E-state index contributed by atoms with van der Waals surface area (Å²) in [6.45, 7) is 0. The van der Waals surface area contributed by atoms with Crippen molar-refractivity contribution in [1.82, 2.24) is 0 Å². The fourth-order valence-electron chi connectivity index (χ4n) is 0.624. The van der Waals surface area contributed by atoms with Gasteiger partial charge in [0, 0.05) is 18.2 Å². The first-order valence-corrected chi connectivity index (χ1v) is 5.24. The second-order valence-electron chi connectivity index (χ2n) is 2.35. The molecule has 0 amide bonds. The van der Waals surface area contributed by atoms with Crippen molar-refractivity contribution in [3.05, 3.63) is 12.2 Å². The predicted molar refractivity (Wildman–Crippen MR) is 56.8 cm³/mol. The number of alkyl halides is 2. The minimum atomic E-state index is 0.699. The molecule has 0 rings (SSSR count). The highest BCUT2D eigenvalue weighted by Crippen LogP contribution is 1.92. The highest BCUT2D eigenvalue weighted by Gasteiger charge is 1.77. The summed E-state index contributed by atoms with van der Waals surface area (Å²) < 4.78 is 0. The Kier molecular flexibility index (Phi) is 10.8. The molecule has 0 fully saturated rings. The lowest BCUT2D eigenvalue weighted by Gasteiger charge is -1.83. The summed E-state index contributed by atoms with van der Waals surface area (Å²) in [5, 5.41) is 0. The molecule has 68 valence electrons. The van der Waals surface area contributed by atoms with Gasteiger partial charge in [-0.05, 0) is 25.3 Å². The van der Waals surface area contributed by atoms with Gasteiger partial charge in [0.2, 0.25) is 0 Å². The van der Waals surface area contributed by atoms with Crippen molar-refractivity contribution in [2.45, 2.75) is 25.7 Å². The predicted octanol–water partition coefficient (Wildman–Crippen LogP) is 3.58. The van der Waals surface area contributed by atoms with Crippen molar-refractivity contribution in [2.75, 3.05) is 11.8 Å². The second-order valence-corrected chi connectivity index (χ2v) is 3.10. The third kappa shape index (κ3) is 9.88. The van der Waals surface area contributed by atoms with Gasteiger partial charge in [0.1, 0.15) is 0 Å². The third-order valence-corrected chi connectivity index (χ3v) is 1.78. The zero-order valence-electron chi connectivity index (χ0n) is 7.15. The molecule has 0 aliphatic heterocycles. The molecule has 12 heavy (non-hydrogen) atoms. The Bertz CT molecular complexity index is 162. The van der Waals surface area contributed by atoms with E-state index in [0.29, 0.717) is 5.88 Å². The maximum absolute atomic E-state index is 5.50. The van der Waals surface area contributed by atoms with Crippen LogP contribution in [0.2, 0.25) is 0 Å². The van der Waals surface area contributed by atoms with Gasteiger partial charge in [-0.15, -0.1) is 23.2 Å². The van der Waals surface area contributed by atoms with Crippen LogP contribution in [-0.4, -0.2) is 11.8 Å². The summed E-state index contributed by atoms with van der Waals surface area (Å²) in [5.74, 6) is 7.38. The van der Waals surface area contributed by atoms with E-state index >= 15 is 0 Å². The number of unbranched alkanes of at least 4 members (excludes halogenated alkanes) is 2. The monoisotopic (exact) mass is 204 g/mol. The number of hydrogen-bond acceptors (Lipinski definition) is 0. The number of hydrogen-bond donors (Lipinski definition) is 0. The summed E-state index contributed by atoms with van der Waals surface area (Å²) in [6.07, 6.45) is 7.86. The van der Waals surface area contributed by atoms with E-state index in [9.17, 15) is 0 Å². The Hall–Kier alpha value is -0.120. The Labute approximate surface area is 84.9 Å². The topological polar surface area (TPSA) is 0 Å². The molecular formula is C10H14Cl2. The van der Waals surface area contributed by atoms with E-state index in [1.807, 2.05) is 6.08 Å². The van der Waals surface area contributed by atoms with Gasteiger partial charge in [-0.25, -0.2) is 0 Å². The second kappa shape index (κ2) is 10.9. The van der Waals surface area contributed by atoms with Gasteiger partial charge in [0.05, 0.1) is 0 Å². The van der Waals surface area contributed by atoms with Crippen LogP contribution in [0.3, 0.4) is 0 Å². The Balaban J connectivity index is 3.23. The molecule has 0 aliphatic carbocycles. The molecule has 0 aromatic rings. The first-order chi connectivity index (χ1) is 5.91. The minimum Gasteiger partial charge on any atom is -0.127 e. The van der Waals surface area contributed by atoms with E-state index in [2.05, 4.69) is 17.9 Å². The van der Waals surface area contributed by atoms with Crippen molar-refractivity contribution >= 4 is 23.2 Å². The summed E-state index contributed by atoms with van der Waals surface area (Å²) >= 11 is 11.0. The van der Waals surface area contributed by atoms with Crippen LogP contribution >= 0.6 is 23.2 Å². The van der Waals surface area contributed by atoms with Crippen LogP contribution in [0.1, 0.15) is 25.7 Å². The van der Waals surface area contributed by atoms with Gasteiger partial charge in [-0.2, -0.15) is 0 Å². The highest BCUT2D eigenvalue weighted by molar-refractivity contribution is 6.18. The van der Waals surface area contributed by atoms with Crippen molar-refractivity contribution in [3.8, 4) is 11.8 Å². The molecule has 0 aromatic heterocycles. The summed E-state index contributed by atoms with van der Waals surface area (Å²) in [6, 6.07) is 0. The lowest BCUT2D eigenvalue weighted by atomic mass is 10.3. The number of halogens is 2. The van der Waals surface area contributed by atoms with Crippen molar-refractivity contribution in [1.29, 1.82) is 0 Å². The maximum atomic E-state index is 5.50. The Morgan fingerprint density at radius 1 is 1.08 bits per heavy atom. The molecular weight excluding hydrogens is 191 g/mol. The van der Waals surface area contributed by atoms with E-state index in [0.717, 1.165) is 31.6 Å². The molecule has 0 radical (unpaired) electrons. The van der Waals surface area contributed by atoms with Gasteiger partial charge >= 0.3 is 0 Å². The van der Waals surface area contributed by atoms with Crippen LogP contribution in [0.5, 0.6) is 0 Å². The Morgan fingerprint density at radius 2 is 1.83 bits per heavy atom. The van der Waals surface area contributed by atoms with Gasteiger partial charge in [-0.1, -0.05) is 17.9 Å². The minimum absolute atomic E-state index is 0.699. The normalized spacial score (nSPS) is 9.83. The van der Waals surface area contributed by atoms with E-state index < -0.39 is 0 Å². The first kappa shape index (κ1) is 11.9. The van der Waals surface area contributed by atoms with Gasteiger partial charge in [-0.3, -0.25) is 0 Å². The van der Waals surface area contributed by atoms with Gasteiger partial charge < -0.3 is 0 Å². The molecule has 0 saturated carbocycles. The molecule has 0 nitrogen and oxygen atoms in total. The fraction of sp³-hybridized carbons (Fsp3) is 0.600. The molecule has 0 bridgehead atoms. The van der Waals surface area contributed by atoms with Crippen LogP contribution < -0.4 is 0 Å². The molecule has 0 N–H and O–H groups in total. The quantitative estimate of drug-likeness (QED) is 0.365. The van der Waals surface area contributed by atoms with Crippen molar-refractivity contribution in [3.63, 3.8) is 0 Å². The van der Waals surface area contributed by atoms with Crippen LogP contribution in [0.25, 0.3) is 0 Å². The lowest BCUT2D eigenvalue weighted by Crippen LogP contribution is -1.71. The number of rotatable bonds is 5. The zero-order chi connectivity index (χ0) is 9.07. The molecule has 0 heterocycles. The summed E-state index contributed by atoms with van der Waals surface area (Å²) in [5.41, 5.74) is 0. The summed E-state index contributed by atoms with van der Waals surface area (Å²) in [4.78, 5) is 0. The van der Waals surface area contributed by atoms with Crippen molar-refractivity contribution in [2.24, 2.45) is 0 Å². The summed E-state index contributed by atoms with van der Waals surface area (Å²) in [7, 11) is 0.